The van der Waals surface area contributed by atoms with Gasteiger partial charge in [-0.3, -0.25) is 4.90 Å². The molecule has 0 aliphatic heterocycles. The molecule has 21 heavy (non-hydrogen) atoms. The zero-order valence-electron chi connectivity index (χ0n) is 12.8. The average Bonchev–Trinajstić information content (AvgIpc) is 2.86. The van der Waals surface area contributed by atoms with Crippen LogP contribution >= 0.6 is 22.9 Å². The molecule has 0 saturated carbocycles. The standard InChI is InChI=1S/C17H23ClN2S/c1-4-15(19)17(13-7-5-12(2)6-8-13)20(3)11-14-9-10-16(18)21-14/h5-10,15,17H,4,11,19H2,1-3H3. The van der Waals surface area contributed by atoms with Crippen LogP contribution in [0.2, 0.25) is 4.34 Å². The van der Waals surface area contributed by atoms with Crippen LogP contribution < -0.4 is 5.73 Å². The van der Waals surface area contributed by atoms with Crippen molar-refractivity contribution in [3.05, 3.63) is 56.7 Å². The minimum atomic E-state index is 0.119. The lowest BCUT2D eigenvalue weighted by Crippen LogP contribution is -2.38. The van der Waals surface area contributed by atoms with Gasteiger partial charge >= 0.3 is 0 Å². The van der Waals surface area contributed by atoms with Crippen LogP contribution in [0.5, 0.6) is 0 Å². The molecule has 1 aromatic carbocycles. The maximum absolute atomic E-state index is 6.38. The molecule has 2 aromatic rings. The predicted molar refractivity (Wildman–Crippen MR) is 93.0 cm³/mol. The molecule has 2 nitrogen and oxygen atoms in total. The SMILES string of the molecule is CCC(N)C(c1ccc(C)cc1)N(C)Cc1ccc(Cl)s1. The van der Waals surface area contributed by atoms with Gasteiger partial charge in [0.05, 0.1) is 4.34 Å². The van der Waals surface area contributed by atoms with Gasteiger partial charge in [-0.15, -0.1) is 11.3 Å². The van der Waals surface area contributed by atoms with E-state index in [0.29, 0.717) is 0 Å². The average molecular weight is 323 g/mol. The van der Waals surface area contributed by atoms with Crippen molar-refractivity contribution < 1.29 is 0 Å². The Morgan fingerprint density at radius 3 is 2.38 bits per heavy atom. The Bertz CT molecular complexity index is 564. The molecule has 0 aliphatic rings. The number of benzene rings is 1. The minimum absolute atomic E-state index is 0.119. The molecule has 0 aliphatic carbocycles. The van der Waals surface area contributed by atoms with E-state index in [2.05, 4.69) is 56.1 Å². The van der Waals surface area contributed by atoms with E-state index in [1.807, 2.05) is 6.07 Å². The number of hydrogen-bond donors (Lipinski definition) is 1. The van der Waals surface area contributed by atoms with Gasteiger partial charge in [0.1, 0.15) is 0 Å². The van der Waals surface area contributed by atoms with Gasteiger partial charge in [0.15, 0.2) is 0 Å². The monoisotopic (exact) mass is 322 g/mol. The zero-order chi connectivity index (χ0) is 15.4. The van der Waals surface area contributed by atoms with Crippen molar-refractivity contribution in [1.29, 1.82) is 0 Å². The fourth-order valence-corrected chi connectivity index (χ4v) is 3.75. The van der Waals surface area contributed by atoms with Gasteiger partial charge in [-0.2, -0.15) is 0 Å². The van der Waals surface area contributed by atoms with Crippen LogP contribution in [0.15, 0.2) is 36.4 Å². The van der Waals surface area contributed by atoms with E-state index in [1.54, 1.807) is 11.3 Å². The van der Waals surface area contributed by atoms with Crippen molar-refractivity contribution in [1.82, 2.24) is 4.90 Å². The number of nitrogens with zero attached hydrogens (tertiary/aromatic N) is 1. The Morgan fingerprint density at radius 2 is 1.86 bits per heavy atom. The van der Waals surface area contributed by atoms with E-state index >= 15 is 0 Å². The molecule has 2 atom stereocenters. The molecule has 4 heteroatoms. The molecule has 0 fully saturated rings. The Balaban J connectivity index is 2.20. The van der Waals surface area contributed by atoms with Gasteiger partial charge in [0, 0.05) is 23.5 Å². The maximum atomic E-state index is 6.38. The smallest absolute Gasteiger partial charge is 0.0931 e. The Labute approximate surface area is 136 Å². The lowest BCUT2D eigenvalue weighted by Gasteiger charge is -2.32. The van der Waals surface area contributed by atoms with Crippen molar-refractivity contribution in [2.75, 3.05) is 7.05 Å². The molecular formula is C17H23ClN2S. The highest BCUT2D eigenvalue weighted by molar-refractivity contribution is 7.16. The Kier molecular flexibility index (Phi) is 5.82. The molecule has 0 spiro atoms. The summed E-state index contributed by atoms with van der Waals surface area (Å²) >= 11 is 7.66. The van der Waals surface area contributed by atoms with Crippen molar-refractivity contribution in [3.63, 3.8) is 0 Å². The quantitative estimate of drug-likeness (QED) is 0.840. The molecule has 114 valence electrons. The second-order valence-corrected chi connectivity index (χ2v) is 7.35. The van der Waals surface area contributed by atoms with Crippen LogP contribution in [0, 0.1) is 6.92 Å². The summed E-state index contributed by atoms with van der Waals surface area (Å²) in [7, 11) is 2.13. The van der Waals surface area contributed by atoms with Crippen LogP contribution in [0.3, 0.4) is 0 Å². The molecule has 1 aromatic heterocycles. The second-order valence-electron chi connectivity index (χ2n) is 5.55. The minimum Gasteiger partial charge on any atom is -0.326 e. The zero-order valence-corrected chi connectivity index (χ0v) is 14.4. The fourth-order valence-electron chi connectivity index (χ4n) is 2.60. The highest BCUT2D eigenvalue weighted by Gasteiger charge is 2.23. The van der Waals surface area contributed by atoms with E-state index in [4.69, 9.17) is 17.3 Å². The number of rotatable bonds is 6. The third kappa shape index (κ3) is 4.30. The number of nitrogens with two attached hydrogens (primary N) is 1. The molecule has 0 amide bonds. The maximum Gasteiger partial charge on any atom is 0.0931 e. The highest BCUT2D eigenvalue weighted by Crippen LogP contribution is 2.28. The molecule has 2 N–H and O–H groups in total. The summed E-state index contributed by atoms with van der Waals surface area (Å²) in [6.45, 7) is 5.11. The van der Waals surface area contributed by atoms with Crippen molar-refractivity contribution in [3.8, 4) is 0 Å². The van der Waals surface area contributed by atoms with E-state index in [1.165, 1.54) is 16.0 Å². The van der Waals surface area contributed by atoms with E-state index in [9.17, 15) is 0 Å². The number of hydrogen-bond acceptors (Lipinski definition) is 3. The van der Waals surface area contributed by atoms with Crippen LogP contribution in [0.4, 0.5) is 0 Å². The molecule has 1 heterocycles. The molecule has 0 saturated heterocycles. The van der Waals surface area contributed by atoms with Gasteiger partial charge in [0.25, 0.3) is 0 Å². The van der Waals surface area contributed by atoms with E-state index in [0.717, 1.165) is 17.3 Å². The van der Waals surface area contributed by atoms with Gasteiger partial charge in [-0.25, -0.2) is 0 Å². The molecular weight excluding hydrogens is 300 g/mol. The molecule has 2 unspecified atom stereocenters. The third-order valence-electron chi connectivity index (χ3n) is 3.80. The number of thiophene rings is 1. The normalized spacial score (nSPS) is 14.4. The van der Waals surface area contributed by atoms with Crippen LogP contribution in [-0.2, 0) is 6.54 Å². The van der Waals surface area contributed by atoms with Crippen LogP contribution in [0.25, 0.3) is 0 Å². The first-order chi connectivity index (χ1) is 10.0. The summed E-state index contributed by atoms with van der Waals surface area (Å²) in [4.78, 5) is 3.59. The van der Waals surface area contributed by atoms with E-state index in [-0.39, 0.29) is 12.1 Å². The molecule has 2 rings (SSSR count). The Hall–Kier alpha value is -0.870. The first-order valence-electron chi connectivity index (χ1n) is 7.28. The first-order valence-corrected chi connectivity index (χ1v) is 8.47. The van der Waals surface area contributed by atoms with Gasteiger partial charge in [0.2, 0.25) is 0 Å². The predicted octanol–water partition coefficient (Wildman–Crippen LogP) is 4.62. The summed E-state index contributed by atoms with van der Waals surface area (Å²) in [5.41, 5.74) is 8.93. The third-order valence-corrected chi connectivity index (χ3v) is 5.02. The fraction of sp³-hybridized carbons (Fsp3) is 0.412. The van der Waals surface area contributed by atoms with Crippen LogP contribution in [-0.4, -0.2) is 18.0 Å². The number of aryl methyl sites for hydroxylation is 1. The summed E-state index contributed by atoms with van der Waals surface area (Å²) < 4.78 is 0.838. The van der Waals surface area contributed by atoms with Crippen LogP contribution in [0.1, 0.15) is 35.4 Å². The van der Waals surface area contributed by atoms with Crippen molar-refractivity contribution >= 4 is 22.9 Å². The molecule has 0 radical (unpaired) electrons. The largest absolute Gasteiger partial charge is 0.326 e. The number of likely N-dealkylation sites (N-methyl/N-ethyl adjacent to an activating group) is 1. The Morgan fingerprint density at radius 1 is 1.19 bits per heavy atom. The lowest BCUT2D eigenvalue weighted by molar-refractivity contribution is 0.203. The van der Waals surface area contributed by atoms with Crippen molar-refractivity contribution in [2.45, 2.75) is 38.9 Å². The van der Waals surface area contributed by atoms with Gasteiger partial charge < -0.3 is 5.73 Å². The topological polar surface area (TPSA) is 29.3 Å². The lowest BCUT2D eigenvalue weighted by atomic mass is 9.96. The van der Waals surface area contributed by atoms with Gasteiger partial charge in [-0.05, 0) is 38.1 Å². The summed E-state index contributed by atoms with van der Waals surface area (Å²) in [6.07, 6.45) is 0.952. The summed E-state index contributed by atoms with van der Waals surface area (Å²) in [5.74, 6) is 0. The number of halogens is 1. The van der Waals surface area contributed by atoms with Gasteiger partial charge in [-0.1, -0.05) is 48.4 Å². The first kappa shape index (κ1) is 16.5. The highest BCUT2D eigenvalue weighted by atomic mass is 35.5. The summed E-state index contributed by atoms with van der Waals surface area (Å²) in [5, 5.41) is 0. The summed E-state index contributed by atoms with van der Waals surface area (Å²) in [6, 6.07) is 13.1. The van der Waals surface area contributed by atoms with Crippen molar-refractivity contribution in [2.24, 2.45) is 5.73 Å². The molecule has 0 bridgehead atoms. The van der Waals surface area contributed by atoms with E-state index < -0.39 is 0 Å². The second kappa shape index (κ2) is 7.41.